The van der Waals surface area contributed by atoms with Crippen molar-refractivity contribution in [3.8, 4) is 5.88 Å². The summed E-state index contributed by atoms with van der Waals surface area (Å²) in [6.45, 7) is 5.31. The number of methoxy groups -OCH3 is 1. The maximum atomic E-state index is 5.71. The van der Waals surface area contributed by atoms with E-state index in [9.17, 15) is 0 Å². The van der Waals surface area contributed by atoms with Crippen molar-refractivity contribution < 1.29 is 4.74 Å². The predicted molar refractivity (Wildman–Crippen MR) is 71.9 cm³/mol. The summed E-state index contributed by atoms with van der Waals surface area (Å²) in [6.07, 6.45) is 1.12. The van der Waals surface area contributed by atoms with Crippen LogP contribution in [0.15, 0.2) is 6.07 Å². The van der Waals surface area contributed by atoms with Crippen LogP contribution in [-0.4, -0.2) is 54.7 Å². The van der Waals surface area contributed by atoms with Crippen LogP contribution in [-0.2, 0) is 0 Å². The highest BCUT2D eigenvalue weighted by atomic mass is 16.5. The van der Waals surface area contributed by atoms with Gasteiger partial charge >= 0.3 is 0 Å². The third kappa shape index (κ3) is 2.81. The van der Waals surface area contributed by atoms with Gasteiger partial charge in [0.05, 0.1) is 7.11 Å². The number of anilines is 2. The Bertz CT molecular complexity index is 411. The van der Waals surface area contributed by atoms with Gasteiger partial charge < -0.3 is 20.3 Å². The van der Waals surface area contributed by atoms with Crippen LogP contribution in [0.5, 0.6) is 5.88 Å². The largest absolute Gasteiger partial charge is 0.481 e. The van der Waals surface area contributed by atoms with Gasteiger partial charge in [-0.25, -0.2) is 0 Å². The predicted octanol–water partition coefficient (Wildman–Crippen LogP) is 0.598. The number of ether oxygens (including phenoxy) is 1. The Balaban J connectivity index is 2.26. The molecule has 1 aliphatic rings. The Hall–Kier alpha value is -1.56. The van der Waals surface area contributed by atoms with Crippen LogP contribution in [0.3, 0.4) is 0 Å². The average Bonchev–Trinajstić information content (AvgIpc) is 2.49. The molecule has 0 radical (unpaired) electrons. The van der Waals surface area contributed by atoms with Crippen LogP contribution in [0.2, 0.25) is 0 Å². The van der Waals surface area contributed by atoms with Crippen molar-refractivity contribution in [3.05, 3.63) is 6.07 Å². The van der Waals surface area contributed by atoms with Gasteiger partial charge in [-0.2, -0.15) is 9.97 Å². The summed E-state index contributed by atoms with van der Waals surface area (Å²) in [4.78, 5) is 12.9. The molecule has 0 bridgehead atoms. The summed E-state index contributed by atoms with van der Waals surface area (Å²) in [5.74, 6) is 1.62. The molecule has 6 heteroatoms. The standard InChI is InChI=1S/C12H21N5O/c1-9-8-16(2)5-4-6-17(9)10-7-11(18-3)15-12(13)14-10/h7,9H,4-6,8H2,1-3H3,(H2,13,14,15). The van der Waals surface area contributed by atoms with Gasteiger partial charge in [0, 0.05) is 25.2 Å². The van der Waals surface area contributed by atoms with E-state index in [1.807, 2.05) is 6.07 Å². The summed E-state index contributed by atoms with van der Waals surface area (Å²) in [5.41, 5.74) is 5.71. The number of likely N-dealkylation sites (N-methyl/N-ethyl adjacent to an activating group) is 1. The van der Waals surface area contributed by atoms with E-state index in [-0.39, 0.29) is 5.95 Å². The summed E-state index contributed by atoms with van der Waals surface area (Å²) >= 11 is 0. The fourth-order valence-corrected chi connectivity index (χ4v) is 2.39. The van der Waals surface area contributed by atoms with Crippen molar-refractivity contribution in [3.63, 3.8) is 0 Å². The summed E-state index contributed by atoms with van der Waals surface area (Å²) in [5, 5.41) is 0. The Morgan fingerprint density at radius 1 is 1.39 bits per heavy atom. The van der Waals surface area contributed by atoms with E-state index in [1.165, 1.54) is 0 Å². The molecule has 0 aromatic carbocycles. The monoisotopic (exact) mass is 251 g/mol. The van der Waals surface area contributed by atoms with Crippen LogP contribution < -0.4 is 15.4 Å². The lowest BCUT2D eigenvalue weighted by Gasteiger charge is -2.29. The Morgan fingerprint density at radius 2 is 2.17 bits per heavy atom. The van der Waals surface area contributed by atoms with Crippen molar-refractivity contribution in [2.45, 2.75) is 19.4 Å². The van der Waals surface area contributed by atoms with Crippen LogP contribution in [0.4, 0.5) is 11.8 Å². The molecule has 2 rings (SSSR count). The van der Waals surface area contributed by atoms with Crippen LogP contribution in [0.1, 0.15) is 13.3 Å². The maximum Gasteiger partial charge on any atom is 0.225 e. The molecule has 2 N–H and O–H groups in total. The number of nitrogen functional groups attached to an aromatic ring is 1. The van der Waals surface area contributed by atoms with Gasteiger partial charge in [-0.15, -0.1) is 0 Å². The molecule has 1 aromatic rings. The fourth-order valence-electron chi connectivity index (χ4n) is 2.39. The lowest BCUT2D eigenvalue weighted by atomic mass is 10.2. The molecule has 18 heavy (non-hydrogen) atoms. The minimum absolute atomic E-state index is 0.258. The molecule has 0 aliphatic carbocycles. The smallest absolute Gasteiger partial charge is 0.225 e. The highest BCUT2D eigenvalue weighted by molar-refractivity contribution is 5.46. The van der Waals surface area contributed by atoms with Gasteiger partial charge in [-0.1, -0.05) is 0 Å². The molecular weight excluding hydrogens is 230 g/mol. The molecule has 1 atom stereocenters. The van der Waals surface area contributed by atoms with Gasteiger partial charge in [0.25, 0.3) is 0 Å². The van der Waals surface area contributed by atoms with E-state index >= 15 is 0 Å². The molecule has 1 aliphatic heterocycles. The summed E-state index contributed by atoms with van der Waals surface area (Å²) in [6, 6.07) is 2.24. The Labute approximate surface area is 108 Å². The molecule has 100 valence electrons. The van der Waals surface area contributed by atoms with Gasteiger partial charge in [-0.3, -0.25) is 0 Å². The van der Waals surface area contributed by atoms with E-state index in [0.29, 0.717) is 11.9 Å². The lowest BCUT2D eigenvalue weighted by Crippen LogP contribution is -2.38. The number of hydrogen-bond donors (Lipinski definition) is 1. The number of hydrogen-bond acceptors (Lipinski definition) is 6. The second-order valence-electron chi connectivity index (χ2n) is 4.78. The lowest BCUT2D eigenvalue weighted by molar-refractivity contribution is 0.337. The average molecular weight is 251 g/mol. The van der Waals surface area contributed by atoms with Crippen molar-refractivity contribution in [1.29, 1.82) is 0 Å². The molecule has 2 heterocycles. The second kappa shape index (κ2) is 5.39. The first-order valence-electron chi connectivity index (χ1n) is 6.24. The SMILES string of the molecule is COc1cc(N2CCCN(C)CC2C)nc(N)n1. The van der Waals surface area contributed by atoms with Crippen LogP contribution in [0, 0.1) is 0 Å². The van der Waals surface area contributed by atoms with E-state index in [2.05, 4.69) is 33.7 Å². The third-order valence-electron chi connectivity index (χ3n) is 3.26. The molecule has 1 fully saturated rings. The zero-order valence-corrected chi connectivity index (χ0v) is 11.3. The topological polar surface area (TPSA) is 67.5 Å². The number of nitrogens with two attached hydrogens (primary N) is 1. The van der Waals surface area contributed by atoms with Crippen molar-refractivity contribution in [2.24, 2.45) is 0 Å². The zero-order chi connectivity index (χ0) is 13.1. The highest BCUT2D eigenvalue weighted by Crippen LogP contribution is 2.22. The van der Waals surface area contributed by atoms with Crippen LogP contribution in [0.25, 0.3) is 0 Å². The van der Waals surface area contributed by atoms with Crippen molar-refractivity contribution in [2.75, 3.05) is 44.4 Å². The highest BCUT2D eigenvalue weighted by Gasteiger charge is 2.21. The molecule has 0 spiro atoms. The molecule has 1 unspecified atom stereocenters. The Morgan fingerprint density at radius 3 is 2.89 bits per heavy atom. The molecule has 0 amide bonds. The first kappa shape index (κ1) is 12.9. The van der Waals surface area contributed by atoms with Crippen LogP contribution >= 0.6 is 0 Å². The zero-order valence-electron chi connectivity index (χ0n) is 11.3. The third-order valence-corrected chi connectivity index (χ3v) is 3.26. The van der Waals surface area contributed by atoms with Gasteiger partial charge in [0.15, 0.2) is 0 Å². The number of nitrogens with zero attached hydrogens (tertiary/aromatic N) is 4. The van der Waals surface area contributed by atoms with Crippen molar-refractivity contribution in [1.82, 2.24) is 14.9 Å². The molecule has 6 nitrogen and oxygen atoms in total. The van der Waals surface area contributed by atoms with Gasteiger partial charge in [0.2, 0.25) is 11.8 Å². The Kier molecular flexibility index (Phi) is 3.86. The van der Waals surface area contributed by atoms with Gasteiger partial charge in [-0.05, 0) is 26.9 Å². The first-order valence-corrected chi connectivity index (χ1v) is 6.24. The number of aromatic nitrogens is 2. The summed E-state index contributed by atoms with van der Waals surface area (Å²) in [7, 11) is 3.74. The molecule has 0 saturated carbocycles. The van der Waals surface area contributed by atoms with Crippen molar-refractivity contribution >= 4 is 11.8 Å². The molecular formula is C12H21N5O. The minimum Gasteiger partial charge on any atom is -0.481 e. The quantitative estimate of drug-likeness (QED) is 0.830. The van der Waals surface area contributed by atoms with E-state index < -0.39 is 0 Å². The first-order chi connectivity index (χ1) is 8.60. The maximum absolute atomic E-state index is 5.71. The van der Waals surface area contributed by atoms with E-state index in [1.54, 1.807) is 7.11 Å². The normalized spacial score (nSPS) is 21.7. The minimum atomic E-state index is 0.258. The van der Waals surface area contributed by atoms with E-state index in [4.69, 9.17) is 10.5 Å². The molecule has 1 aromatic heterocycles. The fraction of sp³-hybridized carbons (Fsp3) is 0.667. The summed E-state index contributed by atoms with van der Waals surface area (Å²) < 4.78 is 5.15. The van der Waals surface area contributed by atoms with E-state index in [0.717, 1.165) is 31.9 Å². The second-order valence-corrected chi connectivity index (χ2v) is 4.78. The molecule has 1 saturated heterocycles. The van der Waals surface area contributed by atoms with Gasteiger partial charge in [0.1, 0.15) is 5.82 Å². The number of rotatable bonds is 2.